The molecule has 100 valence electrons. The summed E-state index contributed by atoms with van der Waals surface area (Å²) in [6.07, 6.45) is 0. The second-order valence-electron chi connectivity index (χ2n) is 3.66. The second kappa shape index (κ2) is 7.55. The first-order chi connectivity index (χ1) is 8.71. The molecule has 0 saturated carbocycles. The molecule has 1 aromatic carbocycles. The van der Waals surface area contributed by atoms with Crippen molar-refractivity contribution >= 4 is 5.91 Å². The number of carbonyl (C=O) groups is 1. The van der Waals surface area contributed by atoms with Crippen LogP contribution in [0.4, 0.5) is 0 Å². The molecule has 0 aromatic heterocycles. The van der Waals surface area contributed by atoms with E-state index in [4.69, 9.17) is 14.6 Å². The van der Waals surface area contributed by atoms with Crippen molar-refractivity contribution in [2.75, 3.05) is 33.4 Å². The molecule has 1 aromatic rings. The van der Waals surface area contributed by atoms with Gasteiger partial charge in [0.05, 0.1) is 13.7 Å². The molecule has 0 aliphatic rings. The van der Waals surface area contributed by atoms with Gasteiger partial charge in [-0.15, -0.1) is 0 Å². The molecule has 1 N–H and O–H groups in total. The lowest BCUT2D eigenvalue weighted by molar-refractivity contribution is -0.133. The minimum Gasteiger partial charge on any atom is -0.497 e. The fourth-order valence-electron chi connectivity index (χ4n) is 1.49. The van der Waals surface area contributed by atoms with Crippen LogP contribution < -0.4 is 9.47 Å². The van der Waals surface area contributed by atoms with Crippen molar-refractivity contribution in [2.45, 2.75) is 6.92 Å². The molecule has 0 spiro atoms. The first kappa shape index (κ1) is 14.3. The van der Waals surface area contributed by atoms with E-state index in [1.165, 1.54) is 0 Å². The Kier molecular flexibility index (Phi) is 6.00. The van der Waals surface area contributed by atoms with Crippen LogP contribution in [0.15, 0.2) is 24.3 Å². The number of carbonyl (C=O) groups excluding carboxylic acids is 1. The van der Waals surface area contributed by atoms with Crippen molar-refractivity contribution in [1.82, 2.24) is 4.90 Å². The predicted octanol–water partition coefficient (Wildman–Crippen LogP) is 0.915. The lowest BCUT2D eigenvalue weighted by Gasteiger charge is -2.19. The number of hydrogen-bond donors (Lipinski definition) is 1. The second-order valence-corrected chi connectivity index (χ2v) is 3.66. The van der Waals surface area contributed by atoms with E-state index in [0.717, 1.165) is 5.75 Å². The number of hydrogen-bond acceptors (Lipinski definition) is 4. The van der Waals surface area contributed by atoms with Crippen molar-refractivity contribution < 1.29 is 19.4 Å². The summed E-state index contributed by atoms with van der Waals surface area (Å²) in [6.45, 7) is 2.69. The maximum Gasteiger partial charge on any atom is 0.260 e. The molecule has 0 saturated heterocycles. The fraction of sp³-hybridized carbons (Fsp3) is 0.462. The summed E-state index contributed by atoms with van der Waals surface area (Å²) in [5.41, 5.74) is 0. The van der Waals surface area contributed by atoms with Gasteiger partial charge < -0.3 is 19.5 Å². The van der Waals surface area contributed by atoms with Crippen molar-refractivity contribution in [3.05, 3.63) is 24.3 Å². The normalized spacial score (nSPS) is 9.94. The minimum absolute atomic E-state index is 0.0276. The number of amides is 1. The number of aliphatic hydroxyl groups excluding tert-OH is 1. The Morgan fingerprint density at radius 2 is 1.89 bits per heavy atom. The Morgan fingerprint density at radius 3 is 2.39 bits per heavy atom. The van der Waals surface area contributed by atoms with Gasteiger partial charge in [0.25, 0.3) is 5.91 Å². The summed E-state index contributed by atoms with van der Waals surface area (Å²) in [5, 5.41) is 8.81. The number of aliphatic hydroxyl groups is 1. The molecule has 1 amide bonds. The number of benzene rings is 1. The quantitative estimate of drug-likeness (QED) is 0.785. The smallest absolute Gasteiger partial charge is 0.260 e. The molecular formula is C13H19NO4. The van der Waals surface area contributed by atoms with E-state index in [1.807, 2.05) is 6.92 Å². The highest BCUT2D eigenvalue weighted by atomic mass is 16.5. The van der Waals surface area contributed by atoms with Gasteiger partial charge in [-0.25, -0.2) is 0 Å². The Morgan fingerprint density at radius 1 is 1.28 bits per heavy atom. The summed E-state index contributed by atoms with van der Waals surface area (Å²) in [6, 6.07) is 7.03. The first-order valence-electron chi connectivity index (χ1n) is 5.86. The monoisotopic (exact) mass is 253 g/mol. The molecule has 0 unspecified atom stereocenters. The van der Waals surface area contributed by atoms with E-state index in [0.29, 0.717) is 18.8 Å². The van der Waals surface area contributed by atoms with Crippen molar-refractivity contribution in [2.24, 2.45) is 0 Å². The van der Waals surface area contributed by atoms with Crippen molar-refractivity contribution in [3.8, 4) is 11.5 Å². The van der Waals surface area contributed by atoms with Crippen LogP contribution in [0.5, 0.6) is 11.5 Å². The zero-order valence-electron chi connectivity index (χ0n) is 10.8. The molecule has 18 heavy (non-hydrogen) atoms. The highest BCUT2D eigenvalue weighted by Gasteiger charge is 2.11. The number of ether oxygens (including phenoxy) is 2. The third kappa shape index (κ3) is 4.25. The van der Waals surface area contributed by atoms with Crippen LogP contribution >= 0.6 is 0 Å². The predicted molar refractivity (Wildman–Crippen MR) is 67.8 cm³/mol. The van der Waals surface area contributed by atoms with E-state index in [-0.39, 0.29) is 19.1 Å². The van der Waals surface area contributed by atoms with E-state index in [2.05, 4.69) is 0 Å². The maximum absolute atomic E-state index is 11.7. The van der Waals surface area contributed by atoms with E-state index < -0.39 is 0 Å². The van der Waals surface area contributed by atoms with Gasteiger partial charge in [0, 0.05) is 13.1 Å². The SMILES string of the molecule is CCN(CCO)C(=O)COc1ccc(OC)cc1. The highest BCUT2D eigenvalue weighted by Crippen LogP contribution is 2.16. The van der Waals surface area contributed by atoms with Gasteiger partial charge in [0.1, 0.15) is 11.5 Å². The molecule has 1 rings (SSSR count). The summed E-state index contributed by atoms with van der Waals surface area (Å²) < 4.78 is 10.4. The van der Waals surface area contributed by atoms with Crippen molar-refractivity contribution in [3.63, 3.8) is 0 Å². The van der Waals surface area contributed by atoms with E-state index in [9.17, 15) is 4.79 Å². The molecule has 0 fully saturated rings. The first-order valence-corrected chi connectivity index (χ1v) is 5.86. The highest BCUT2D eigenvalue weighted by molar-refractivity contribution is 5.77. The number of likely N-dealkylation sites (N-methyl/N-ethyl adjacent to an activating group) is 1. The zero-order valence-corrected chi connectivity index (χ0v) is 10.8. The van der Waals surface area contributed by atoms with E-state index >= 15 is 0 Å². The molecule has 5 nitrogen and oxygen atoms in total. The Balaban J connectivity index is 2.45. The van der Waals surface area contributed by atoms with E-state index in [1.54, 1.807) is 36.3 Å². The minimum atomic E-state index is -0.137. The van der Waals surface area contributed by atoms with Crippen molar-refractivity contribution in [1.29, 1.82) is 0 Å². The summed E-state index contributed by atoms with van der Waals surface area (Å²) in [7, 11) is 1.59. The van der Waals surface area contributed by atoms with Crippen LogP contribution in [0.3, 0.4) is 0 Å². The van der Waals surface area contributed by atoms with Gasteiger partial charge in [-0.05, 0) is 31.2 Å². The van der Waals surface area contributed by atoms with Gasteiger partial charge >= 0.3 is 0 Å². The summed E-state index contributed by atoms with van der Waals surface area (Å²) in [4.78, 5) is 13.3. The average Bonchev–Trinajstić information content (AvgIpc) is 2.42. The third-order valence-corrected chi connectivity index (χ3v) is 2.53. The van der Waals surface area contributed by atoms with Crippen LogP contribution in [0, 0.1) is 0 Å². The van der Waals surface area contributed by atoms with Gasteiger partial charge in [-0.2, -0.15) is 0 Å². The third-order valence-electron chi connectivity index (χ3n) is 2.53. The number of nitrogens with zero attached hydrogens (tertiary/aromatic N) is 1. The Hall–Kier alpha value is -1.75. The molecule has 0 atom stereocenters. The zero-order chi connectivity index (χ0) is 13.4. The van der Waals surface area contributed by atoms with Crippen LogP contribution in [0.25, 0.3) is 0 Å². The Labute approximate surface area is 107 Å². The Bertz CT molecular complexity index is 364. The molecular weight excluding hydrogens is 234 g/mol. The fourth-order valence-corrected chi connectivity index (χ4v) is 1.49. The van der Waals surface area contributed by atoms with Crippen LogP contribution in [0.1, 0.15) is 6.92 Å². The molecule has 5 heteroatoms. The lowest BCUT2D eigenvalue weighted by atomic mass is 10.3. The molecule has 0 heterocycles. The number of rotatable bonds is 7. The van der Waals surface area contributed by atoms with Crippen LogP contribution in [-0.4, -0.2) is 49.3 Å². The van der Waals surface area contributed by atoms with Crippen LogP contribution in [0.2, 0.25) is 0 Å². The summed E-state index contributed by atoms with van der Waals surface area (Å²) >= 11 is 0. The maximum atomic E-state index is 11.7. The van der Waals surface area contributed by atoms with Gasteiger partial charge in [0.2, 0.25) is 0 Å². The average molecular weight is 253 g/mol. The number of methoxy groups -OCH3 is 1. The molecule has 0 aliphatic carbocycles. The van der Waals surface area contributed by atoms with Gasteiger partial charge in [0.15, 0.2) is 6.61 Å². The van der Waals surface area contributed by atoms with Gasteiger partial charge in [-0.3, -0.25) is 4.79 Å². The van der Waals surface area contributed by atoms with Crippen LogP contribution in [-0.2, 0) is 4.79 Å². The lowest BCUT2D eigenvalue weighted by Crippen LogP contribution is -2.36. The molecule has 0 radical (unpaired) electrons. The molecule has 0 bridgehead atoms. The standard InChI is InChI=1S/C13H19NO4/c1-3-14(8-9-15)13(16)10-18-12-6-4-11(17-2)5-7-12/h4-7,15H,3,8-10H2,1-2H3. The largest absolute Gasteiger partial charge is 0.497 e. The van der Waals surface area contributed by atoms with Gasteiger partial charge in [-0.1, -0.05) is 0 Å². The molecule has 0 aliphatic heterocycles. The topological polar surface area (TPSA) is 59.0 Å². The summed E-state index contributed by atoms with van der Waals surface area (Å²) in [5.74, 6) is 1.22.